The predicted molar refractivity (Wildman–Crippen MR) is 92.5 cm³/mol. The van der Waals surface area contributed by atoms with Crippen molar-refractivity contribution in [2.45, 2.75) is 53.1 Å². The van der Waals surface area contributed by atoms with Gasteiger partial charge in [-0.05, 0) is 44.2 Å². The molecule has 1 rings (SSSR count). The van der Waals surface area contributed by atoms with Gasteiger partial charge < -0.3 is 15.4 Å². The Morgan fingerprint density at radius 1 is 1.09 bits per heavy atom. The first-order valence-electron chi connectivity index (χ1n) is 8.31. The fourth-order valence-corrected chi connectivity index (χ4v) is 2.25. The fourth-order valence-electron chi connectivity index (χ4n) is 2.25. The monoisotopic (exact) mass is 320 g/mol. The highest BCUT2D eigenvalue weighted by Gasteiger charge is 2.16. The molecule has 23 heavy (non-hydrogen) atoms. The van der Waals surface area contributed by atoms with Gasteiger partial charge in [-0.3, -0.25) is 9.59 Å². The Balaban J connectivity index is 2.54. The SMILES string of the molecule is CCc1cccc(CC)c1NC(=O)C(=O)NCCCOC(C)C. The van der Waals surface area contributed by atoms with Gasteiger partial charge in [0.15, 0.2) is 0 Å². The van der Waals surface area contributed by atoms with Crippen LogP contribution in [-0.4, -0.2) is 31.1 Å². The minimum Gasteiger partial charge on any atom is -0.379 e. The van der Waals surface area contributed by atoms with Crippen LogP contribution in [0.4, 0.5) is 5.69 Å². The standard InChI is InChI=1S/C18H28N2O3/c1-5-14-9-7-10-15(6-2)16(14)20-18(22)17(21)19-11-8-12-23-13(3)4/h7,9-10,13H,5-6,8,11-12H2,1-4H3,(H,19,21)(H,20,22). The first-order chi connectivity index (χ1) is 11.0. The van der Waals surface area contributed by atoms with Crippen molar-refractivity contribution in [3.05, 3.63) is 29.3 Å². The highest BCUT2D eigenvalue weighted by atomic mass is 16.5. The van der Waals surface area contributed by atoms with Gasteiger partial charge in [0.2, 0.25) is 0 Å². The number of nitrogens with one attached hydrogen (secondary N) is 2. The van der Waals surface area contributed by atoms with Crippen LogP contribution in [0.25, 0.3) is 0 Å². The molecule has 5 nitrogen and oxygen atoms in total. The van der Waals surface area contributed by atoms with E-state index in [2.05, 4.69) is 10.6 Å². The maximum atomic E-state index is 12.1. The van der Waals surface area contributed by atoms with E-state index in [9.17, 15) is 9.59 Å². The van der Waals surface area contributed by atoms with Gasteiger partial charge in [-0.15, -0.1) is 0 Å². The minimum absolute atomic E-state index is 0.173. The summed E-state index contributed by atoms with van der Waals surface area (Å²) in [6.45, 7) is 8.97. The highest BCUT2D eigenvalue weighted by molar-refractivity contribution is 6.39. The van der Waals surface area contributed by atoms with Crippen LogP contribution < -0.4 is 10.6 Å². The minimum atomic E-state index is -0.620. The number of benzene rings is 1. The second-order valence-corrected chi connectivity index (χ2v) is 5.64. The second kappa shape index (κ2) is 10.0. The summed E-state index contributed by atoms with van der Waals surface area (Å²) in [5.41, 5.74) is 2.84. The molecule has 0 unspecified atom stereocenters. The van der Waals surface area contributed by atoms with Crippen molar-refractivity contribution in [2.24, 2.45) is 0 Å². The van der Waals surface area contributed by atoms with E-state index < -0.39 is 11.8 Å². The van der Waals surface area contributed by atoms with Crippen molar-refractivity contribution in [1.29, 1.82) is 0 Å². The normalized spacial score (nSPS) is 10.7. The van der Waals surface area contributed by atoms with Crippen LogP contribution in [-0.2, 0) is 27.2 Å². The molecule has 128 valence electrons. The van der Waals surface area contributed by atoms with Gasteiger partial charge >= 0.3 is 11.8 Å². The number of aryl methyl sites for hydroxylation is 2. The van der Waals surface area contributed by atoms with Gasteiger partial charge in [0.25, 0.3) is 0 Å². The molecule has 1 aromatic carbocycles. The topological polar surface area (TPSA) is 67.4 Å². The van der Waals surface area contributed by atoms with Crippen LogP contribution in [0.5, 0.6) is 0 Å². The molecule has 0 fully saturated rings. The van der Waals surface area contributed by atoms with Crippen LogP contribution in [0.15, 0.2) is 18.2 Å². The van der Waals surface area contributed by atoms with E-state index in [1.165, 1.54) is 0 Å². The average molecular weight is 320 g/mol. The van der Waals surface area contributed by atoms with Crippen LogP contribution in [0.2, 0.25) is 0 Å². The predicted octanol–water partition coefficient (Wildman–Crippen LogP) is 2.68. The zero-order chi connectivity index (χ0) is 17.2. The third kappa shape index (κ3) is 6.40. The number of para-hydroxylation sites is 1. The van der Waals surface area contributed by atoms with E-state index in [0.29, 0.717) is 19.6 Å². The van der Waals surface area contributed by atoms with E-state index in [1.54, 1.807) is 0 Å². The molecule has 2 amide bonds. The molecule has 0 atom stereocenters. The van der Waals surface area contributed by atoms with Crippen LogP contribution in [0.1, 0.15) is 45.2 Å². The quantitative estimate of drug-likeness (QED) is 0.571. The third-order valence-corrected chi connectivity index (χ3v) is 3.50. The van der Waals surface area contributed by atoms with E-state index in [-0.39, 0.29) is 6.10 Å². The van der Waals surface area contributed by atoms with Gasteiger partial charge in [0, 0.05) is 18.8 Å². The number of hydrogen-bond acceptors (Lipinski definition) is 3. The van der Waals surface area contributed by atoms with E-state index in [1.807, 2.05) is 45.9 Å². The zero-order valence-corrected chi connectivity index (χ0v) is 14.6. The first-order valence-corrected chi connectivity index (χ1v) is 8.31. The van der Waals surface area contributed by atoms with Gasteiger partial charge in [0.1, 0.15) is 0 Å². The van der Waals surface area contributed by atoms with Crippen molar-refractivity contribution in [3.63, 3.8) is 0 Å². The van der Waals surface area contributed by atoms with Gasteiger partial charge in [-0.25, -0.2) is 0 Å². The third-order valence-electron chi connectivity index (χ3n) is 3.50. The molecule has 0 aromatic heterocycles. The molecule has 0 spiro atoms. The average Bonchev–Trinajstić information content (AvgIpc) is 2.54. The van der Waals surface area contributed by atoms with E-state index >= 15 is 0 Å². The van der Waals surface area contributed by atoms with E-state index in [4.69, 9.17) is 4.74 Å². The van der Waals surface area contributed by atoms with Crippen LogP contribution in [0.3, 0.4) is 0 Å². The number of carbonyl (C=O) groups is 2. The lowest BCUT2D eigenvalue weighted by molar-refractivity contribution is -0.136. The molecule has 0 heterocycles. The van der Waals surface area contributed by atoms with Crippen molar-refractivity contribution >= 4 is 17.5 Å². The lowest BCUT2D eigenvalue weighted by Gasteiger charge is -2.14. The Morgan fingerprint density at radius 3 is 2.22 bits per heavy atom. The molecular weight excluding hydrogens is 292 g/mol. The molecule has 0 radical (unpaired) electrons. The van der Waals surface area contributed by atoms with Gasteiger partial charge in [-0.2, -0.15) is 0 Å². The van der Waals surface area contributed by atoms with E-state index in [0.717, 1.165) is 29.7 Å². The molecule has 1 aromatic rings. The Labute approximate surface area is 138 Å². The molecule has 0 aliphatic heterocycles. The first kappa shape index (κ1) is 19.2. The number of amides is 2. The molecular formula is C18H28N2O3. The Kier molecular flexibility index (Phi) is 8.33. The van der Waals surface area contributed by atoms with Gasteiger partial charge in [0.05, 0.1) is 6.10 Å². The lowest BCUT2D eigenvalue weighted by atomic mass is 10.0. The Bertz CT molecular complexity index is 505. The number of anilines is 1. The second-order valence-electron chi connectivity index (χ2n) is 5.64. The maximum Gasteiger partial charge on any atom is 0.313 e. The summed E-state index contributed by atoms with van der Waals surface area (Å²) < 4.78 is 5.39. The summed E-state index contributed by atoms with van der Waals surface area (Å²) in [5.74, 6) is -1.23. The molecule has 0 aliphatic carbocycles. The Morgan fingerprint density at radius 2 is 1.70 bits per heavy atom. The zero-order valence-electron chi connectivity index (χ0n) is 14.6. The summed E-state index contributed by atoms with van der Waals surface area (Å²) in [7, 11) is 0. The summed E-state index contributed by atoms with van der Waals surface area (Å²) in [6.07, 6.45) is 2.46. The largest absolute Gasteiger partial charge is 0.379 e. The van der Waals surface area contributed by atoms with Crippen LogP contribution >= 0.6 is 0 Å². The summed E-state index contributed by atoms with van der Waals surface area (Å²) in [4.78, 5) is 23.9. The smallest absolute Gasteiger partial charge is 0.313 e. The highest BCUT2D eigenvalue weighted by Crippen LogP contribution is 2.22. The number of hydrogen-bond donors (Lipinski definition) is 2. The number of rotatable bonds is 8. The summed E-state index contributed by atoms with van der Waals surface area (Å²) >= 11 is 0. The Hall–Kier alpha value is -1.88. The van der Waals surface area contributed by atoms with Crippen molar-refractivity contribution < 1.29 is 14.3 Å². The summed E-state index contributed by atoms with van der Waals surface area (Å²) in [6, 6.07) is 5.91. The summed E-state index contributed by atoms with van der Waals surface area (Å²) in [5, 5.41) is 5.38. The molecule has 5 heteroatoms. The molecule has 0 saturated carbocycles. The van der Waals surface area contributed by atoms with Crippen LogP contribution in [0, 0.1) is 0 Å². The van der Waals surface area contributed by atoms with Crippen molar-refractivity contribution in [2.75, 3.05) is 18.5 Å². The maximum absolute atomic E-state index is 12.1. The molecule has 0 aliphatic rings. The number of ether oxygens (including phenoxy) is 1. The number of carbonyl (C=O) groups excluding carboxylic acids is 2. The molecule has 0 bridgehead atoms. The molecule has 0 saturated heterocycles. The van der Waals surface area contributed by atoms with Crippen molar-refractivity contribution in [3.8, 4) is 0 Å². The van der Waals surface area contributed by atoms with Crippen molar-refractivity contribution in [1.82, 2.24) is 5.32 Å². The van der Waals surface area contributed by atoms with Gasteiger partial charge in [-0.1, -0.05) is 32.0 Å². The fraction of sp³-hybridized carbons (Fsp3) is 0.556. The molecule has 2 N–H and O–H groups in total. The lowest BCUT2D eigenvalue weighted by Crippen LogP contribution is -2.36.